The summed E-state index contributed by atoms with van der Waals surface area (Å²) in [5.74, 6) is -2.19. The van der Waals surface area contributed by atoms with E-state index in [0.717, 1.165) is 5.56 Å². The first-order valence-electron chi connectivity index (χ1n) is 10.1. The van der Waals surface area contributed by atoms with Gasteiger partial charge >= 0.3 is 12.0 Å². The SMILES string of the molecule is Cc1ccc(NC(=O)Nc2ccc(-c3cc(C(=O)NC(C(=O)O)C(C)C)on3)cc2)cc1Cl. The molecular formula is C23H23ClN4O5. The Morgan fingerprint density at radius 2 is 1.64 bits per heavy atom. The highest BCUT2D eigenvalue weighted by atomic mass is 35.5. The number of aromatic nitrogens is 1. The zero-order valence-corrected chi connectivity index (χ0v) is 18.9. The van der Waals surface area contributed by atoms with E-state index in [1.54, 1.807) is 50.2 Å². The number of halogens is 1. The molecule has 1 aromatic heterocycles. The van der Waals surface area contributed by atoms with Gasteiger partial charge in [-0.1, -0.05) is 48.8 Å². The molecule has 2 aromatic carbocycles. The van der Waals surface area contributed by atoms with Crippen molar-refractivity contribution in [3.05, 3.63) is 64.9 Å². The molecule has 1 unspecified atom stereocenters. The van der Waals surface area contributed by atoms with E-state index in [1.807, 2.05) is 13.0 Å². The molecule has 0 fully saturated rings. The molecule has 33 heavy (non-hydrogen) atoms. The number of benzene rings is 2. The maximum atomic E-state index is 12.3. The van der Waals surface area contributed by atoms with Crippen molar-refractivity contribution in [3.8, 4) is 11.3 Å². The van der Waals surface area contributed by atoms with E-state index >= 15 is 0 Å². The number of nitrogens with zero attached hydrogens (tertiary/aromatic N) is 1. The Labute approximate surface area is 195 Å². The second kappa shape index (κ2) is 10.2. The Bertz CT molecular complexity index is 1170. The summed E-state index contributed by atoms with van der Waals surface area (Å²) in [6, 6.07) is 11.9. The van der Waals surface area contributed by atoms with E-state index in [1.165, 1.54) is 6.07 Å². The highest BCUT2D eigenvalue weighted by molar-refractivity contribution is 6.31. The van der Waals surface area contributed by atoms with Crippen LogP contribution >= 0.6 is 11.6 Å². The van der Waals surface area contributed by atoms with Crippen LogP contribution in [0.3, 0.4) is 0 Å². The Balaban J connectivity index is 1.62. The number of rotatable bonds is 7. The summed E-state index contributed by atoms with van der Waals surface area (Å²) >= 11 is 6.07. The van der Waals surface area contributed by atoms with E-state index in [-0.39, 0.29) is 11.7 Å². The Hall–Kier alpha value is -3.85. The normalized spacial score (nSPS) is 11.7. The third-order valence-electron chi connectivity index (χ3n) is 4.82. The van der Waals surface area contributed by atoms with Crippen LogP contribution in [0.5, 0.6) is 0 Å². The van der Waals surface area contributed by atoms with Gasteiger partial charge in [-0.05, 0) is 42.7 Å². The summed E-state index contributed by atoms with van der Waals surface area (Å²) in [4.78, 5) is 35.8. The number of hydrogen-bond acceptors (Lipinski definition) is 5. The molecular weight excluding hydrogens is 448 g/mol. The van der Waals surface area contributed by atoms with Crippen LogP contribution in [-0.4, -0.2) is 34.2 Å². The minimum Gasteiger partial charge on any atom is -0.480 e. The number of aliphatic carboxylic acids is 1. The van der Waals surface area contributed by atoms with Crippen molar-refractivity contribution in [2.75, 3.05) is 10.6 Å². The number of anilines is 2. The number of carboxylic acid groups (broad SMARTS) is 1. The second-order valence-electron chi connectivity index (χ2n) is 7.73. The molecule has 3 rings (SSSR count). The molecule has 3 amide bonds. The topological polar surface area (TPSA) is 134 Å². The zero-order valence-electron chi connectivity index (χ0n) is 18.2. The molecule has 0 aliphatic carbocycles. The number of aryl methyl sites for hydroxylation is 1. The molecule has 1 atom stereocenters. The van der Waals surface area contributed by atoms with Crippen LogP contribution in [0, 0.1) is 12.8 Å². The third-order valence-corrected chi connectivity index (χ3v) is 5.23. The first kappa shape index (κ1) is 23.8. The monoisotopic (exact) mass is 470 g/mol. The lowest BCUT2D eigenvalue weighted by Crippen LogP contribution is -2.44. The summed E-state index contributed by atoms with van der Waals surface area (Å²) in [6.45, 7) is 5.25. The number of amides is 3. The quantitative estimate of drug-likeness (QED) is 0.392. The van der Waals surface area contributed by atoms with Crippen LogP contribution in [0.1, 0.15) is 30.0 Å². The standard InChI is InChI=1S/C23H23ClN4O5/c1-12(2)20(22(30)31)27-21(29)19-11-18(28-33-19)14-5-8-15(9-6-14)25-23(32)26-16-7-4-13(3)17(24)10-16/h4-12,20H,1-3H3,(H,27,29)(H,30,31)(H2,25,26,32). The maximum Gasteiger partial charge on any atom is 0.326 e. The first-order valence-corrected chi connectivity index (χ1v) is 10.5. The molecule has 0 saturated heterocycles. The third kappa shape index (κ3) is 6.11. The summed E-state index contributed by atoms with van der Waals surface area (Å²) in [5.41, 5.74) is 3.05. The molecule has 0 bridgehead atoms. The lowest BCUT2D eigenvalue weighted by atomic mass is 10.0. The van der Waals surface area contributed by atoms with Gasteiger partial charge in [0, 0.05) is 28.0 Å². The Morgan fingerprint density at radius 1 is 1.00 bits per heavy atom. The van der Waals surface area contributed by atoms with Crippen molar-refractivity contribution >= 4 is 40.9 Å². The van der Waals surface area contributed by atoms with Crippen LogP contribution in [-0.2, 0) is 4.79 Å². The van der Waals surface area contributed by atoms with Gasteiger partial charge in [0.15, 0.2) is 0 Å². The van der Waals surface area contributed by atoms with Crippen LogP contribution in [0.15, 0.2) is 53.1 Å². The molecule has 9 nitrogen and oxygen atoms in total. The Kier molecular flexibility index (Phi) is 7.34. The minimum atomic E-state index is -1.13. The summed E-state index contributed by atoms with van der Waals surface area (Å²) in [5, 5.41) is 21.5. The van der Waals surface area contributed by atoms with E-state index in [4.69, 9.17) is 16.1 Å². The molecule has 0 spiro atoms. The van der Waals surface area contributed by atoms with Gasteiger partial charge in [-0.2, -0.15) is 0 Å². The van der Waals surface area contributed by atoms with Crippen LogP contribution in [0.25, 0.3) is 11.3 Å². The number of urea groups is 1. The number of carbonyl (C=O) groups is 3. The number of carbonyl (C=O) groups excluding carboxylic acids is 2. The highest BCUT2D eigenvalue weighted by Gasteiger charge is 2.25. The van der Waals surface area contributed by atoms with Crippen molar-refractivity contribution < 1.29 is 24.0 Å². The van der Waals surface area contributed by atoms with Gasteiger partial charge in [-0.3, -0.25) is 4.79 Å². The average Bonchev–Trinajstić information content (AvgIpc) is 3.25. The highest BCUT2D eigenvalue weighted by Crippen LogP contribution is 2.23. The van der Waals surface area contributed by atoms with Crippen molar-refractivity contribution in [1.82, 2.24) is 10.5 Å². The largest absolute Gasteiger partial charge is 0.480 e. The van der Waals surface area contributed by atoms with E-state index < -0.39 is 23.9 Å². The van der Waals surface area contributed by atoms with E-state index in [9.17, 15) is 19.5 Å². The van der Waals surface area contributed by atoms with Crippen molar-refractivity contribution in [3.63, 3.8) is 0 Å². The second-order valence-corrected chi connectivity index (χ2v) is 8.14. The van der Waals surface area contributed by atoms with Crippen molar-refractivity contribution in [2.24, 2.45) is 5.92 Å². The zero-order chi connectivity index (χ0) is 24.1. The van der Waals surface area contributed by atoms with Crippen molar-refractivity contribution in [1.29, 1.82) is 0 Å². The predicted molar refractivity (Wildman–Crippen MR) is 124 cm³/mol. The smallest absolute Gasteiger partial charge is 0.326 e. The fraction of sp³-hybridized carbons (Fsp3) is 0.217. The van der Waals surface area contributed by atoms with Gasteiger partial charge in [-0.25, -0.2) is 9.59 Å². The number of nitrogens with one attached hydrogen (secondary N) is 3. The summed E-state index contributed by atoms with van der Waals surface area (Å²) in [6.07, 6.45) is 0. The molecule has 0 saturated carbocycles. The average molecular weight is 471 g/mol. The van der Waals surface area contributed by atoms with Gasteiger partial charge in [0.1, 0.15) is 11.7 Å². The molecule has 10 heteroatoms. The van der Waals surface area contributed by atoms with E-state index in [0.29, 0.717) is 27.7 Å². The molecule has 3 aromatic rings. The van der Waals surface area contributed by atoms with Crippen molar-refractivity contribution in [2.45, 2.75) is 26.8 Å². The van der Waals surface area contributed by atoms with Crippen LogP contribution < -0.4 is 16.0 Å². The lowest BCUT2D eigenvalue weighted by Gasteiger charge is -2.16. The van der Waals surface area contributed by atoms with Gasteiger partial charge < -0.3 is 25.6 Å². The van der Waals surface area contributed by atoms with E-state index in [2.05, 4.69) is 21.1 Å². The lowest BCUT2D eigenvalue weighted by molar-refractivity contribution is -0.140. The summed E-state index contributed by atoms with van der Waals surface area (Å²) in [7, 11) is 0. The summed E-state index contributed by atoms with van der Waals surface area (Å²) < 4.78 is 5.07. The van der Waals surface area contributed by atoms with Gasteiger partial charge in [0.25, 0.3) is 5.91 Å². The first-order chi connectivity index (χ1) is 15.6. The molecule has 172 valence electrons. The molecule has 1 heterocycles. The minimum absolute atomic E-state index is 0.102. The fourth-order valence-electron chi connectivity index (χ4n) is 2.93. The van der Waals surface area contributed by atoms with Crippen LogP contribution in [0.4, 0.5) is 16.2 Å². The van der Waals surface area contributed by atoms with Gasteiger partial charge in [0.2, 0.25) is 5.76 Å². The number of carboxylic acids is 1. The maximum absolute atomic E-state index is 12.3. The molecule has 0 aliphatic rings. The van der Waals surface area contributed by atoms with Crippen LogP contribution in [0.2, 0.25) is 5.02 Å². The Morgan fingerprint density at radius 3 is 2.24 bits per heavy atom. The molecule has 0 aliphatic heterocycles. The predicted octanol–water partition coefficient (Wildman–Crippen LogP) is 4.79. The fourth-order valence-corrected chi connectivity index (χ4v) is 3.11. The molecule has 4 N–H and O–H groups in total. The van der Waals surface area contributed by atoms with Gasteiger partial charge in [-0.15, -0.1) is 0 Å². The number of hydrogen-bond donors (Lipinski definition) is 4. The molecule has 0 radical (unpaired) electrons. The van der Waals surface area contributed by atoms with Gasteiger partial charge in [0.05, 0.1) is 0 Å².